The van der Waals surface area contributed by atoms with Crippen LogP contribution < -0.4 is 0 Å². The number of hydrogen-bond acceptors (Lipinski definition) is 4. The fourth-order valence-corrected chi connectivity index (χ4v) is 3.20. The molecular formula is C14H23N3OS. The van der Waals surface area contributed by atoms with E-state index in [2.05, 4.69) is 43.1 Å². The standard InChI is InChI=1S/C14H23N3OS/c1-14(2,3)17-7-11(5-13(17)18)6-16(4)8-12-9-19-10-15-12/h9-11H,5-8H2,1-4H3. The zero-order valence-electron chi connectivity index (χ0n) is 12.2. The molecular weight excluding hydrogens is 258 g/mol. The van der Waals surface area contributed by atoms with Gasteiger partial charge in [0.05, 0.1) is 11.2 Å². The minimum Gasteiger partial charge on any atom is -0.338 e. The molecule has 0 N–H and O–H groups in total. The SMILES string of the molecule is CN(Cc1cscn1)CC1CC(=O)N(C(C)(C)C)C1. The van der Waals surface area contributed by atoms with Crippen LogP contribution in [0.3, 0.4) is 0 Å². The van der Waals surface area contributed by atoms with E-state index in [4.69, 9.17) is 0 Å². The van der Waals surface area contributed by atoms with E-state index in [-0.39, 0.29) is 5.54 Å². The summed E-state index contributed by atoms with van der Waals surface area (Å²) in [6.45, 7) is 9.01. The summed E-state index contributed by atoms with van der Waals surface area (Å²) >= 11 is 1.63. The van der Waals surface area contributed by atoms with Crippen molar-refractivity contribution in [3.63, 3.8) is 0 Å². The summed E-state index contributed by atoms with van der Waals surface area (Å²) in [7, 11) is 2.10. The summed E-state index contributed by atoms with van der Waals surface area (Å²) in [4.78, 5) is 20.6. The number of carbonyl (C=O) groups is 1. The minimum absolute atomic E-state index is 0.0562. The molecule has 0 aromatic carbocycles. The van der Waals surface area contributed by atoms with Crippen LogP contribution in [0.2, 0.25) is 0 Å². The summed E-state index contributed by atoms with van der Waals surface area (Å²) in [6, 6.07) is 0. The van der Waals surface area contributed by atoms with Crippen LogP contribution in [-0.2, 0) is 11.3 Å². The molecule has 106 valence electrons. The van der Waals surface area contributed by atoms with E-state index in [1.54, 1.807) is 11.3 Å². The average Bonchev–Trinajstić information content (AvgIpc) is 2.87. The maximum Gasteiger partial charge on any atom is 0.223 e. The van der Waals surface area contributed by atoms with Crippen molar-refractivity contribution < 1.29 is 4.79 Å². The van der Waals surface area contributed by atoms with E-state index >= 15 is 0 Å². The van der Waals surface area contributed by atoms with Crippen LogP contribution in [0, 0.1) is 5.92 Å². The third-order valence-electron chi connectivity index (χ3n) is 3.50. The second-order valence-electron chi connectivity index (χ2n) is 6.42. The van der Waals surface area contributed by atoms with Gasteiger partial charge in [-0.25, -0.2) is 4.98 Å². The molecule has 1 aliphatic heterocycles. The number of carbonyl (C=O) groups excluding carboxylic acids is 1. The van der Waals surface area contributed by atoms with Crippen LogP contribution in [0.15, 0.2) is 10.9 Å². The summed E-state index contributed by atoms with van der Waals surface area (Å²) in [6.07, 6.45) is 0.679. The third kappa shape index (κ3) is 3.76. The highest BCUT2D eigenvalue weighted by Crippen LogP contribution is 2.26. The van der Waals surface area contributed by atoms with Crippen molar-refractivity contribution in [2.24, 2.45) is 5.92 Å². The van der Waals surface area contributed by atoms with E-state index in [1.165, 1.54) is 0 Å². The molecule has 1 atom stereocenters. The van der Waals surface area contributed by atoms with Gasteiger partial charge in [-0.05, 0) is 33.7 Å². The third-order valence-corrected chi connectivity index (χ3v) is 4.14. The number of rotatable bonds is 4. The molecule has 1 amide bonds. The highest BCUT2D eigenvalue weighted by Gasteiger charge is 2.36. The molecule has 2 rings (SSSR count). The molecule has 0 bridgehead atoms. The van der Waals surface area contributed by atoms with Gasteiger partial charge in [-0.3, -0.25) is 4.79 Å². The molecule has 1 aromatic heterocycles. The normalized spacial score (nSPS) is 20.6. The molecule has 4 nitrogen and oxygen atoms in total. The van der Waals surface area contributed by atoms with Crippen LogP contribution in [-0.4, -0.2) is 46.4 Å². The quantitative estimate of drug-likeness (QED) is 0.849. The molecule has 19 heavy (non-hydrogen) atoms. The minimum atomic E-state index is -0.0562. The topological polar surface area (TPSA) is 36.4 Å². The van der Waals surface area contributed by atoms with Crippen molar-refractivity contribution in [1.29, 1.82) is 0 Å². The number of hydrogen-bond donors (Lipinski definition) is 0. The molecule has 5 heteroatoms. The van der Waals surface area contributed by atoms with Crippen molar-refractivity contribution in [1.82, 2.24) is 14.8 Å². The molecule has 2 heterocycles. The van der Waals surface area contributed by atoms with Crippen LogP contribution in [0.4, 0.5) is 0 Å². The van der Waals surface area contributed by atoms with Gasteiger partial charge in [-0.15, -0.1) is 11.3 Å². The Hall–Kier alpha value is -0.940. The monoisotopic (exact) mass is 281 g/mol. The van der Waals surface area contributed by atoms with Crippen molar-refractivity contribution in [2.45, 2.75) is 39.3 Å². The first-order valence-electron chi connectivity index (χ1n) is 6.72. The summed E-state index contributed by atoms with van der Waals surface area (Å²) in [5.74, 6) is 0.731. The Bertz CT molecular complexity index is 424. The molecule has 1 saturated heterocycles. The first-order valence-corrected chi connectivity index (χ1v) is 7.66. The van der Waals surface area contributed by atoms with E-state index in [9.17, 15) is 4.79 Å². The first kappa shape index (κ1) is 14.5. The number of aromatic nitrogens is 1. The Balaban J connectivity index is 1.86. The Kier molecular flexibility index (Phi) is 4.26. The molecule has 1 aromatic rings. The zero-order chi connectivity index (χ0) is 14.0. The zero-order valence-corrected chi connectivity index (χ0v) is 13.0. The van der Waals surface area contributed by atoms with Gasteiger partial charge in [-0.2, -0.15) is 0 Å². The van der Waals surface area contributed by atoms with Gasteiger partial charge in [0.1, 0.15) is 0 Å². The molecule has 0 saturated carbocycles. The van der Waals surface area contributed by atoms with Crippen LogP contribution in [0.5, 0.6) is 0 Å². The summed E-state index contributed by atoms with van der Waals surface area (Å²) in [5, 5.41) is 2.08. The van der Waals surface area contributed by atoms with Crippen molar-refractivity contribution >= 4 is 17.2 Å². The predicted molar refractivity (Wildman–Crippen MR) is 78.0 cm³/mol. The van der Waals surface area contributed by atoms with Crippen molar-refractivity contribution in [3.05, 3.63) is 16.6 Å². The lowest BCUT2D eigenvalue weighted by molar-refractivity contribution is -0.131. The van der Waals surface area contributed by atoms with Gasteiger partial charge in [0.2, 0.25) is 5.91 Å². The highest BCUT2D eigenvalue weighted by molar-refractivity contribution is 7.07. The molecule has 1 aliphatic rings. The van der Waals surface area contributed by atoms with Crippen molar-refractivity contribution in [2.75, 3.05) is 20.1 Å². The highest BCUT2D eigenvalue weighted by atomic mass is 32.1. The lowest BCUT2D eigenvalue weighted by atomic mass is 10.1. The van der Waals surface area contributed by atoms with E-state index in [1.807, 2.05) is 10.4 Å². The smallest absolute Gasteiger partial charge is 0.223 e. The average molecular weight is 281 g/mol. The molecule has 1 unspecified atom stereocenters. The van der Waals surface area contributed by atoms with Crippen molar-refractivity contribution in [3.8, 4) is 0 Å². The lowest BCUT2D eigenvalue weighted by Gasteiger charge is -2.32. The number of thiazole rings is 1. The van der Waals surface area contributed by atoms with Gasteiger partial charge in [0.25, 0.3) is 0 Å². The Labute approximate surface area is 119 Å². The summed E-state index contributed by atoms with van der Waals surface area (Å²) in [5.41, 5.74) is 2.92. The van der Waals surface area contributed by atoms with Gasteiger partial charge >= 0.3 is 0 Å². The largest absolute Gasteiger partial charge is 0.338 e. The molecule has 1 fully saturated rings. The van der Waals surface area contributed by atoms with Gasteiger partial charge in [0.15, 0.2) is 0 Å². The first-order chi connectivity index (χ1) is 8.86. The fourth-order valence-electron chi connectivity index (χ4n) is 2.65. The number of likely N-dealkylation sites (tertiary alicyclic amines) is 1. The number of nitrogens with zero attached hydrogens (tertiary/aromatic N) is 3. The Morgan fingerprint density at radius 1 is 1.53 bits per heavy atom. The van der Waals surface area contributed by atoms with E-state index in [0.29, 0.717) is 18.2 Å². The van der Waals surface area contributed by atoms with Crippen LogP contribution >= 0.6 is 11.3 Å². The second-order valence-corrected chi connectivity index (χ2v) is 7.14. The van der Waals surface area contributed by atoms with E-state index in [0.717, 1.165) is 25.3 Å². The summed E-state index contributed by atoms with van der Waals surface area (Å²) < 4.78 is 0. The molecule has 0 spiro atoms. The maximum absolute atomic E-state index is 12.0. The van der Waals surface area contributed by atoms with E-state index < -0.39 is 0 Å². The molecule has 0 radical (unpaired) electrons. The number of amides is 1. The van der Waals surface area contributed by atoms with Crippen LogP contribution in [0.1, 0.15) is 32.9 Å². The molecule has 0 aliphatic carbocycles. The van der Waals surface area contributed by atoms with Crippen LogP contribution in [0.25, 0.3) is 0 Å². The Morgan fingerprint density at radius 3 is 2.79 bits per heavy atom. The maximum atomic E-state index is 12.0. The van der Waals surface area contributed by atoms with Gasteiger partial charge < -0.3 is 9.80 Å². The fraction of sp³-hybridized carbons (Fsp3) is 0.714. The van der Waals surface area contributed by atoms with Gasteiger partial charge in [0, 0.05) is 37.0 Å². The lowest BCUT2D eigenvalue weighted by Crippen LogP contribution is -2.42. The Morgan fingerprint density at radius 2 is 2.26 bits per heavy atom. The van der Waals surface area contributed by atoms with Gasteiger partial charge in [-0.1, -0.05) is 0 Å². The second kappa shape index (κ2) is 5.59. The predicted octanol–water partition coefficient (Wildman–Crippen LogP) is 2.22.